The first kappa shape index (κ1) is 15.9. The second-order valence-electron chi connectivity index (χ2n) is 5.74. The maximum absolute atomic E-state index is 5.49. The van der Waals surface area contributed by atoms with Gasteiger partial charge in [-0.1, -0.05) is 31.1 Å². The third kappa shape index (κ3) is 4.49. The van der Waals surface area contributed by atoms with Crippen LogP contribution in [0, 0.1) is 11.8 Å². The number of rotatable bonds is 4. The molecule has 0 atom stereocenters. The molecule has 1 saturated carbocycles. The summed E-state index contributed by atoms with van der Waals surface area (Å²) >= 11 is 0. The molecular weight excluding hydrogens is 260 g/mol. The Balaban J connectivity index is 2.12. The monoisotopic (exact) mass is 286 g/mol. The van der Waals surface area contributed by atoms with Gasteiger partial charge in [0.25, 0.3) is 0 Å². The van der Waals surface area contributed by atoms with Crippen LogP contribution in [0.3, 0.4) is 0 Å². The molecule has 114 valence electrons. The highest BCUT2D eigenvalue weighted by molar-refractivity contribution is 5.44. The number of hydrogen-bond donors (Lipinski definition) is 1. The van der Waals surface area contributed by atoms with Crippen LogP contribution in [0.15, 0.2) is 18.2 Å². The molecule has 0 radical (unpaired) electrons. The summed E-state index contributed by atoms with van der Waals surface area (Å²) in [7, 11) is 3.94. The predicted octanol–water partition coefficient (Wildman–Crippen LogP) is 2.77. The third-order valence-electron chi connectivity index (χ3n) is 4.23. The lowest BCUT2D eigenvalue weighted by Gasteiger charge is -2.31. The molecule has 0 bridgehead atoms. The van der Waals surface area contributed by atoms with Gasteiger partial charge >= 0.3 is 0 Å². The lowest BCUT2D eigenvalue weighted by molar-refractivity contribution is 0.183. The Kier molecular flexibility index (Phi) is 6.10. The van der Waals surface area contributed by atoms with Gasteiger partial charge in [0.15, 0.2) is 0 Å². The van der Waals surface area contributed by atoms with Gasteiger partial charge in [-0.25, -0.2) is 0 Å². The van der Waals surface area contributed by atoms with E-state index in [1.165, 1.54) is 37.7 Å². The highest BCUT2D eigenvalue weighted by atomic mass is 16.5. The quantitative estimate of drug-likeness (QED) is 0.865. The van der Waals surface area contributed by atoms with Crippen LogP contribution < -0.4 is 10.5 Å². The van der Waals surface area contributed by atoms with Crippen LogP contribution in [0.25, 0.3) is 0 Å². The average Bonchev–Trinajstić information content (AvgIpc) is 2.54. The van der Waals surface area contributed by atoms with Gasteiger partial charge in [0.05, 0.1) is 13.7 Å². The second-order valence-corrected chi connectivity index (χ2v) is 5.74. The molecule has 0 aliphatic heterocycles. The zero-order chi connectivity index (χ0) is 15.1. The van der Waals surface area contributed by atoms with Gasteiger partial charge in [0.2, 0.25) is 0 Å². The summed E-state index contributed by atoms with van der Waals surface area (Å²) in [6, 6.07) is 6.82. The molecule has 1 aliphatic rings. The Bertz CT molecular complexity index is 510. The minimum absolute atomic E-state index is 0.392. The van der Waals surface area contributed by atoms with E-state index < -0.39 is 0 Å². The number of nitrogens with two attached hydrogens (primary N) is 1. The van der Waals surface area contributed by atoms with Crippen LogP contribution in [0.1, 0.15) is 43.2 Å². The molecule has 1 aromatic carbocycles. The van der Waals surface area contributed by atoms with E-state index in [-0.39, 0.29) is 0 Å². The SMILES string of the molecule is COc1ccc(C#CCN)cc1CN(C)C1CCCCC1. The molecule has 0 amide bonds. The van der Waals surface area contributed by atoms with Crippen molar-refractivity contribution in [2.24, 2.45) is 5.73 Å². The lowest BCUT2D eigenvalue weighted by Crippen LogP contribution is -2.33. The Labute approximate surface area is 128 Å². The van der Waals surface area contributed by atoms with Gasteiger partial charge in [0, 0.05) is 23.7 Å². The van der Waals surface area contributed by atoms with Gasteiger partial charge in [-0.05, 0) is 38.1 Å². The summed E-state index contributed by atoms with van der Waals surface area (Å²) in [6.45, 7) is 1.30. The zero-order valence-corrected chi connectivity index (χ0v) is 13.2. The van der Waals surface area contributed by atoms with Crippen LogP contribution in [-0.4, -0.2) is 31.6 Å². The molecule has 2 rings (SSSR count). The fourth-order valence-electron chi connectivity index (χ4n) is 3.05. The first-order chi connectivity index (χ1) is 10.2. The van der Waals surface area contributed by atoms with Crippen LogP contribution in [0.2, 0.25) is 0 Å². The molecule has 1 aliphatic carbocycles. The van der Waals surface area contributed by atoms with Gasteiger partial charge in [0.1, 0.15) is 5.75 Å². The van der Waals surface area contributed by atoms with E-state index in [1.54, 1.807) is 7.11 Å². The van der Waals surface area contributed by atoms with E-state index in [0.717, 1.165) is 17.9 Å². The van der Waals surface area contributed by atoms with Gasteiger partial charge in [-0.2, -0.15) is 0 Å². The maximum Gasteiger partial charge on any atom is 0.123 e. The van der Waals surface area contributed by atoms with Gasteiger partial charge < -0.3 is 10.5 Å². The fourth-order valence-corrected chi connectivity index (χ4v) is 3.05. The normalized spacial score (nSPS) is 15.6. The molecule has 2 N–H and O–H groups in total. The highest BCUT2D eigenvalue weighted by Crippen LogP contribution is 2.26. The molecule has 3 heteroatoms. The van der Waals surface area contributed by atoms with Crippen LogP contribution >= 0.6 is 0 Å². The number of benzene rings is 1. The Morgan fingerprint density at radius 2 is 2.05 bits per heavy atom. The van der Waals surface area contributed by atoms with Crippen LogP contribution in [0.4, 0.5) is 0 Å². The molecular formula is C18H26N2O. The molecule has 1 fully saturated rings. The Morgan fingerprint density at radius 3 is 2.71 bits per heavy atom. The molecule has 0 aromatic heterocycles. The van der Waals surface area contributed by atoms with E-state index in [9.17, 15) is 0 Å². The summed E-state index contributed by atoms with van der Waals surface area (Å²) < 4.78 is 5.49. The first-order valence-electron chi connectivity index (χ1n) is 7.80. The molecule has 0 unspecified atom stereocenters. The largest absolute Gasteiger partial charge is 0.496 e. The summed E-state index contributed by atoms with van der Waals surface area (Å²) in [5.74, 6) is 6.95. The predicted molar refractivity (Wildman–Crippen MR) is 87.3 cm³/mol. The van der Waals surface area contributed by atoms with Crippen molar-refractivity contribution in [3.05, 3.63) is 29.3 Å². The van der Waals surface area contributed by atoms with Gasteiger partial charge in [-0.3, -0.25) is 4.90 Å². The van der Waals surface area contributed by atoms with E-state index in [4.69, 9.17) is 10.5 Å². The van der Waals surface area contributed by atoms with Crippen molar-refractivity contribution in [3.8, 4) is 17.6 Å². The molecule has 21 heavy (non-hydrogen) atoms. The highest BCUT2D eigenvalue weighted by Gasteiger charge is 2.19. The summed E-state index contributed by atoms with van der Waals surface area (Å²) in [5.41, 5.74) is 7.65. The number of methoxy groups -OCH3 is 1. The molecule has 1 aromatic rings. The zero-order valence-electron chi connectivity index (χ0n) is 13.2. The molecule has 0 saturated heterocycles. The summed E-state index contributed by atoms with van der Waals surface area (Å²) in [6.07, 6.45) is 6.72. The summed E-state index contributed by atoms with van der Waals surface area (Å²) in [5, 5.41) is 0. The molecule has 0 spiro atoms. The van der Waals surface area contributed by atoms with Crippen LogP contribution in [-0.2, 0) is 6.54 Å². The van der Waals surface area contributed by atoms with E-state index in [0.29, 0.717) is 12.6 Å². The van der Waals surface area contributed by atoms with Crippen molar-refractivity contribution in [2.75, 3.05) is 20.7 Å². The number of nitrogens with zero attached hydrogens (tertiary/aromatic N) is 1. The van der Waals surface area contributed by atoms with Crippen molar-refractivity contribution in [1.82, 2.24) is 4.90 Å². The summed E-state index contributed by atoms with van der Waals surface area (Å²) in [4.78, 5) is 2.46. The molecule has 0 heterocycles. The Morgan fingerprint density at radius 1 is 1.29 bits per heavy atom. The number of hydrogen-bond acceptors (Lipinski definition) is 3. The number of ether oxygens (including phenoxy) is 1. The van der Waals surface area contributed by atoms with Crippen molar-refractivity contribution >= 4 is 0 Å². The Hall–Kier alpha value is -1.50. The third-order valence-corrected chi connectivity index (χ3v) is 4.23. The average molecular weight is 286 g/mol. The fraction of sp³-hybridized carbons (Fsp3) is 0.556. The van der Waals surface area contributed by atoms with Crippen molar-refractivity contribution in [2.45, 2.75) is 44.7 Å². The minimum atomic E-state index is 0.392. The standard InChI is InChI=1S/C18H26N2O/c1-20(17-8-4-3-5-9-17)14-16-13-15(7-6-12-19)10-11-18(16)21-2/h10-11,13,17H,3-5,8-9,12,14,19H2,1-2H3. The topological polar surface area (TPSA) is 38.5 Å². The van der Waals surface area contributed by atoms with Crippen molar-refractivity contribution < 1.29 is 4.74 Å². The smallest absolute Gasteiger partial charge is 0.123 e. The van der Waals surface area contributed by atoms with Crippen molar-refractivity contribution in [3.63, 3.8) is 0 Å². The van der Waals surface area contributed by atoms with Crippen molar-refractivity contribution in [1.29, 1.82) is 0 Å². The van der Waals surface area contributed by atoms with Crippen LogP contribution in [0.5, 0.6) is 5.75 Å². The van der Waals surface area contributed by atoms with E-state index in [2.05, 4.69) is 29.9 Å². The lowest BCUT2D eigenvalue weighted by atomic mass is 9.94. The van der Waals surface area contributed by atoms with E-state index in [1.807, 2.05) is 12.1 Å². The second kappa shape index (κ2) is 8.07. The van der Waals surface area contributed by atoms with Gasteiger partial charge in [-0.15, -0.1) is 0 Å². The molecule has 3 nitrogen and oxygen atoms in total. The maximum atomic E-state index is 5.49. The first-order valence-corrected chi connectivity index (χ1v) is 7.80. The van der Waals surface area contributed by atoms with E-state index >= 15 is 0 Å². The minimum Gasteiger partial charge on any atom is -0.496 e.